The Bertz CT molecular complexity index is 643. The molecule has 1 aromatic carbocycles. The average molecular weight is 300 g/mol. The Labute approximate surface area is 129 Å². The lowest BCUT2D eigenvalue weighted by Crippen LogP contribution is -2.22. The highest BCUT2D eigenvalue weighted by Crippen LogP contribution is 2.66. The number of nitrogens with zero attached hydrogens (tertiary/aromatic N) is 1. The lowest BCUT2D eigenvalue weighted by atomic mass is 9.90. The molecule has 0 unspecified atom stereocenters. The first-order chi connectivity index (χ1) is 10.7. The minimum atomic E-state index is 0.0615. The molecular weight excluding hydrogens is 280 g/mol. The molecule has 5 heteroatoms. The highest BCUT2D eigenvalue weighted by Gasteiger charge is 2.64. The van der Waals surface area contributed by atoms with Crippen molar-refractivity contribution in [2.75, 3.05) is 6.79 Å². The standard InChI is InChI=1S/C17H20N2O3/c1-17-7-3-2-4-12(17)15(17)16(20)19-18-9-11-5-6-13-14(8-11)22-10-21-13/h5-6,8-9,12,15H,2-4,7,10H2,1H3,(H,19,20)/b18-9-/t12-,15-,17+/m1/s1. The molecule has 3 aliphatic rings. The van der Waals surface area contributed by atoms with E-state index in [-0.39, 0.29) is 24.0 Å². The van der Waals surface area contributed by atoms with Gasteiger partial charge in [0.25, 0.3) is 0 Å². The van der Waals surface area contributed by atoms with Crippen LogP contribution in [0.1, 0.15) is 38.2 Å². The van der Waals surface area contributed by atoms with Gasteiger partial charge in [-0.05, 0) is 47.9 Å². The lowest BCUT2D eigenvalue weighted by Gasteiger charge is -2.15. The number of nitrogens with one attached hydrogen (secondary N) is 1. The summed E-state index contributed by atoms with van der Waals surface area (Å²) in [6, 6.07) is 5.60. The fourth-order valence-electron chi connectivity index (χ4n) is 4.08. The number of ether oxygens (including phenoxy) is 2. The van der Waals surface area contributed by atoms with Gasteiger partial charge in [-0.1, -0.05) is 19.8 Å². The first-order valence-corrected chi connectivity index (χ1v) is 7.91. The third kappa shape index (κ3) is 2.16. The number of hydrogen-bond acceptors (Lipinski definition) is 4. The number of carbonyl (C=O) groups excluding carboxylic acids is 1. The van der Waals surface area contributed by atoms with E-state index in [0.717, 1.165) is 17.1 Å². The van der Waals surface area contributed by atoms with Crippen molar-refractivity contribution < 1.29 is 14.3 Å². The Hall–Kier alpha value is -2.04. The number of hydrazone groups is 1. The second kappa shape index (κ2) is 5.00. The van der Waals surface area contributed by atoms with Crippen LogP contribution in [0.5, 0.6) is 11.5 Å². The fraction of sp³-hybridized carbons (Fsp3) is 0.529. The van der Waals surface area contributed by atoms with E-state index in [1.807, 2.05) is 18.2 Å². The van der Waals surface area contributed by atoms with Gasteiger partial charge in [0, 0.05) is 5.92 Å². The molecule has 1 amide bonds. The monoisotopic (exact) mass is 300 g/mol. The third-order valence-electron chi connectivity index (χ3n) is 5.40. The van der Waals surface area contributed by atoms with Crippen molar-refractivity contribution >= 4 is 12.1 Å². The zero-order chi connectivity index (χ0) is 15.2. The van der Waals surface area contributed by atoms with Gasteiger partial charge in [0.05, 0.1) is 6.21 Å². The van der Waals surface area contributed by atoms with Crippen LogP contribution >= 0.6 is 0 Å². The predicted octanol–water partition coefficient (Wildman–Crippen LogP) is 2.69. The molecule has 1 aromatic rings. The summed E-state index contributed by atoms with van der Waals surface area (Å²) in [7, 11) is 0. The van der Waals surface area contributed by atoms with E-state index >= 15 is 0 Å². The molecule has 4 rings (SSSR count). The maximum atomic E-state index is 12.3. The summed E-state index contributed by atoms with van der Waals surface area (Å²) in [5.74, 6) is 2.23. The first-order valence-electron chi connectivity index (χ1n) is 7.91. The molecule has 1 N–H and O–H groups in total. The summed E-state index contributed by atoms with van der Waals surface area (Å²) in [5.41, 5.74) is 3.80. The maximum absolute atomic E-state index is 12.3. The fourth-order valence-corrected chi connectivity index (χ4v) is 4.08. The largest absolute Gasteiger partial charge is 0.454 e. The Morgan fingerprint density at radius 2 is 2.23 bits per heavy atom. The van der Waals surface area contributed by atoms with Gasteiger partial charge in [0.15, 0.2) is 11.5 Å². The summed E-state index contributed by atoms with van der Waals surface area (Å²) in [6.45, 7) is 2.50. The van der Waals surface area contributed by atoms with Crippen molar-refractivity contribution in [2.24, 2.45) is 22.4 Å². The van der Waals surface area contributed by atoms with Gasteiger partial charge in [0.1, 0.15) is 0 Å². The van der Waals surface area contributed by atoms with Gasteiger partial charge in [-0.2, -0.15) is 5.10 Å². The average Bonchev–Trinajstić information content (AvgIpc) is 2.88. The van der Waals surface area contributed by atoms with E-state index in [4.69, 9.17) is 9.47 Å². The molecule has 0 aromatic heterocycles. The Balaban J connectivity index is 1.37. The van der Waals surface area contributed by atoms with Crippen LogP contribution in [0.2, 0.25) is 0 Å². The van der Waals surface area contributed by atoms with Gasteiger partial charge in [-0.3, -0.25) is 4.79 Å². The van der Waals surface area contributed by atoms with Crippen LogP contribution in [0.4, 0.5) is 0 Å². The van der Waals surface area contributed by atoms with Crippen LogP contribution in [0.3, 0.4) is 0 Å². The number of carbonyl (C=O) groups is 1. The van der Waals surface area contributed by atoms with E-state index in [9.17, 15) is 4.79 Å². The molecule has 2 saturated carbocycles. The van der Waals surface area contributed by atoms with E-state index in [2.05, 4.69) is 17.5 Å². The first kappa shape index (κ1) is 13.6. The third-order valence-corrected chi connectivity index (χ3v) is 5.40. The predicted molar refractivity (Wildman–Crippen MR) is 81.9 cm³/mol. The zero-order valence-electron chi connectivity index (χ0n) is 12.7. The van der Waals surface area contributed by atoms with E-state index < -0.39 is 0 Å². The topological polar surface area (TPSA) is 59.9 Å². The van der Waals surface area contributed by atoms with Gasteiger partial charge in [-0.15, -0.1) is 0 Å². The Morgan fingerprint density at radius 3 is 3.05 bits per heavy atom. The minimum Gasteiger partial charge on any atom is -0.454 e. The number of amides is 1. The second-order valence-electron chi connectivity index (χ2n) is 6.68. The second-order valence-corrected chi connectivity index (χ2v) is 6.68. The van der Waals surface area contributed by atoms with Crippen molar-refractivity contribution in [1.29, 1.82) is 0 Å². The molecular formula is C17H20N2O3. The molecule has 3 atom stereocenters. The van der Waals surface area contributed by atoms with Crippen molar-refractivity contribution in [3.05, 3.63) is 23.8 Å². The van der Waals surface area contributed by atoms with E-state index in [0.29, 0.717) is 5.92 Å². The molecule has 2 fully saturated rings. The summed E-state index contributed by atoms with van der Waals surface area (Å²) < 4.78 is 10.6. The number of fused-ring (bicyclic) bond motifs is 2. The molecule has 0 radical (unpaired) electrons. The number of hydrogen-bond donors (Lipinski definition) is 1. The van der Waals surface area contributed by atoms with Crippen LogP contribution in [-0.4, -0.2) is 18.9 Å². The van der Waals surface area contributed by atoms with Crippen molar-refractivity contribution in [3.8, 4) is 11.5 Å². The summed E-state index contributed by atoms with van der Waals surface area (Å²) in [5, 5.41) is 4.10. The summed E-state index contributed by atoms with van der Waals surface area (Å²) in [6.07, 6.45) is 6.50. The van der Waals surface area contributed by atoms with E-state index in [1.54, 1.807) is 6.21 Å². The minimum absolute atomic E-state index is 0.0615. The van der Waals surface area contributed by atoms with Crippen molar-refractivity contribution in [2.45, 2.75) is 32.6 Å². The van der Waals surface area contributed by atoms with Crippen LogP contribution in [-0.2, 0) is 4.79 Å². The molecule has 22 heavy (non-hydrogen) atoms. The normalized spacial score (nSPS) is 31.9. The lowest BCUT2D eigenvalue weighted by molar-refractivity contribution is -0.123. The molecule has 1 aliphatic heterocycles. The quantitative estimate of drug-likeness (QED) is 0.689. The van der Waals surface area contributed by atoms with Gasteiger partial charge < -0.3 is 9.47 Å². The van der Waals surface area contributed by atoms with E-state index in [1.165, 1.54) is 25.7 Å². The molecule has 0 spiro atoms. The molecule has 0 saturated heterocycles. The zero-order valence-corrected chi connectivity index (χ0v) is 12.7. The molecule has 2 aliphatic carbocycles. The van der Waals surface area contributed by atoms with Gasteiger partial charge in [-0.25, -0.2) is 5.43 Å². The number of benzene rings is 1. The van der Waals surface area contributed by atoms with Crippen LogP contribution in [0.15, 0.2) is 23.3 Å². The van der Waals surface area contributed by atoms with Crippen LogP contribution in [0, 0.1) is 17.3 Å². The molecule has 0 bridgehead atoms. The number of rotatable bonds is 3. The molecule has 1 heterocycles. The van der Waals surface area contributed by atoms with Crippen LogP contribution in [0.25, 0.3) is 0 Å². The molecule has 5 nitrogen and oxygen atoms in total. The van der Waals surface area contributed by atoms with Gasteiger partial charge in [0.2, 0.25) is 12.7 Å². The SMILES string of the molecule is C[C@]12CCCC[C@@H]1[C@@H]2C(=O)N/N=C\c1ccc2c(c1)OCO2. The smallest absolute Gasteiger partial charge is 0.244 e. The van der Waals surface area contributed by atoms with Crippen molar-refractivity contribution in [3.63, 3.8) is 0 Å². The highest BCUT2D eigenvalue weighted by molar-refractivity contribution is 5.86. The molecule has 116 valence electrons. The van der Waals surface area contributed by atoms with Crippen molar-refractivity contribution in [1.82, 2.24) is 5.43 Å². The summed E-state index contributed by atoms with van der Waals surface area (Å²) >= 11 is 0. The Kier molecular flexibility index (Phi) is 3.10. The summed E-state index contributed by atoms with van der Waals surface area (Å²) in [4.78, 5) is 12.3. The maximum Gasteiger partial charge on any atom is 0.244 e. The Morgan fingerprint density at radius 1 is 1.36 bits per heavy atom. The highest BCUT2D eigenvalue weighted by atomic mass is 16.7. The van der Waals surface area contributed by atoms with Gasteiger partial charge >= 0.3 is 0 Å². The van der Waals surface area contributed by atoms with Crippen LogP contribution < -0.4 is 14.9 Å².